The van der Waals surface area contributed by atoms with Crippen molar-refractivity contribution in [3.8, 4) is 11.1 Å². The van der Waals surface area contributed by atoms with Gasteiger partial charge in [-0.05, 0) is 40.8 Å². The highest BCUT2D eigenvalue weighted by molar-refractivity contribution is 5.96. The van der Waals surface area contributed by atoms with E-state index >= 15 is 0 Å². The van der Waals surface area contributed by atoms with Gasteiger partial charge in [0.15, 0.2) is 5.76 Å². The van der Waals surface area contributed by atoms with Crippen LogP contribution in [0, 0.1) is 0 Å². The van der Waals surface area contributed by atoms with Crippen molar-refractivity contribution in [1.29, 1.82) is 0 Å². The Hall–Kier alpha value is -3.86. The quantitative estimate of drug-likeness (QED) is 0.465. The average molecular weight is 425 g/mol. The number of hydrogen-bond acceptors (Lipinski definition) is 3. The molecular weight excluding hydrogens is 400 g/mol. The van der Waals surface area contributed by atoms with Crippen LogP contribution in [0.1, 0.15) is 34.5 Å². The summed E-state index contributed by atoms with van der Waals surface area (Å²) in [7, 11) is 0. The molecule has 0 aliphatic carbocycles. The number of rotatable bonds is 6. The van der Waals surface area contributed by atoms with Crippen LogP contribution < -0.4 is 5.32 Å². The summed E-state index contributed by atoms with van der Waals surface area (Å²) in [5.74, 6) is 0.311. The number of benzene rings is 3. The molecule has 1 aliphatic rings. The molecule has 5 heteroatoms. The molecule has 1 fully saturated rings. The van der Waals surface area contributed by atoms with Gasteiger partial charge in [-0.2, -0.15) is 0 Å². The van der Waals surface area contributed by atoms with Crippen LogP contribution in [0.5, 0.6) is 0 Å². The van der Waals surface area contributed by atoms with Gasteiger partial charge in [-0.1, -0.05) is 66.7 Å². The number of carbonyl (C=O) groups excluding carboxylic acids is 2. The number of nitrogens with one attached hydrogen (secondary N) is 1. The van der Waals surface area contributed by atoms with E-state index < -0.39 is 0 Å². The highest BCUT2D eigenvalue weighted by Gasteiger charge is 2.20. The predicted octanol–water partition coefficient (Wildman–Crippen LogP) is 5.15. The second kappa shape index (κ2) is 8.71. The molecule has 0 bridgehead atoms. The van der Waals surface area contributed by atoms with Crippen molar-refractivity contribution >= 4 is 22.8 Å². The summed E-state index contributed by atoms with van der Waals surface area (Å²) in [6.45, 7) is 1.90. The monoisotopic (exact) mass is 424 g/mol. The van der Waals surface area contributed by atoms with E-state index in [0.29, 0.717) is 30.9 Å². The van der Waals surface area contributed by atoms with E-state index in [1.807, 2.05) is 47.4 Å². The molecule has 0 radical (unpaired) electrons. The second-order valence-electron chi connectivity index (χ2n) is 8.10. The zero-order valence-electron chi connectivity index (χ0n) is 17.7. The minimum absolute atomic E-state index is 0.235. The summed E-state index contributed by atoms with van der Waals surface area (Å²) in [6, 6.07) is 25.7. The van der Waals surface area contributed by atoms with E-state index in [4.69, 9.17) is 4.42 Å². The molecule has 160 valence electrons. The maximum absolute atomic E-state index is 12.6. The molecule has 2 amide bonds. The van der Waals surface area contributed by atoms with Gasteiger partial charge in [0.2, 0.25) is 5.91 Å². The summed E-state index contributed by atoms with van der Waals surface area (Å²) >= 11 is 0. The number of furan rings is 1. The van der Waals surface area contributed by atoms with Crippen LogP contribution in [0.4, 0.5) is 0 Å². The Morgan fingerprint density at radius 1 is 0.969 bits per heavy atom. The van der Waals surface area contributed by atoms with Crippen molar-refractivity contribution in [2.24, 2.45) is 0 Å². The molecular formula is C27H24N2O3. The van der Waals surface area contributed by atoms with E-state index in [2.05, 4.69) is 35.6 Å². The molecule has 3 aromatic carbocycles. The molecule has 2 heterocycles. The molecule has 0 atom stereocenters. The molecule has 0 spiro atoms. The number of carbonyl (C=O) groups is 2. The van der Waals surface area contributed by atoms with Crippen LogP contribution in [-0.2, 0) is 17.9 Å². The Morgan fingerprint density at radius 2 is 1.75 bits per heavy atom. The van der Waals surface area contributed by atoms with Gasteiger partial charge in [0, 0.05) is 31.4 Å². The molecule has 1 aliphatic heterocycles. The molecule has 0 saturated carbocycles. The van der Waals surface area contributed by atoms with Gasteiger partial charge in [-0.25, -0.2) is 0 Å². The molecule has 0 unspecified atom stereocenters. The summed E-state index contributed by atoms with van der Waals surface area (Å²) in [6.07, 6.45) is 1.61. The van der Waals surface area contributed by atoms with E-state index in [-0.39, 0.29) is 11.8 Å². The zero-order chi connectivity index (χ0) is 21.9. The highest BCUT2D eigenvalue weighted by Crippen LogP contribution is 2.25. The summed E-state index contributed by atoms with van der Waals surface area (Å²) < 4.78 is 5.67. The first-order chi connectivity index (χ1) is 15.7. The van der Waals surface area contributed by atoms with Gasteiger partial charge in [0.1, 0.15) is 5.58 Å². The standard InChI is InChI=1S/C27H24N2O3/c30-26-10-5-15-29(26)18-19-11-13-20(14-12-19)23-8-3-1-7-22(23)17-28-27(31)25-16-21-6-2-4-9-24(21)32-25/h1-4,6-9,11-14,16H,5,10,15,17-18H2,(H,28,31). The molecule has 1 N–H and O–H groups in total. The second-order valence-corrected chi connectivity index (χ2v) is 8.10. The minimum Gasteiger partial charge on any atom is -0.451 e. The topological polar surface area (TPSA) is 62.6 Å². The lowest BCUT2D eigenvalue weighted by atomic mass is 9.98. The Kier molecular flexibility index (Phi) is 5.46. The maximum atomic E-state index is 12.6. The van der Waals surface area contributed by atoms with Crippen molar-refractivity contribution in [1.82, 2.24) is 10.2 Å². The molecule has 1 saturated heterocycles. The number of likely N-dealkylation sites (tertiary alicyclic amines) is 1. The van der Waals surface area contributed by atoms with Crippen molar-refractivity contribution < 1.29 is 14.0 Å². The lowest BCUT2D eigenvalue weighted by Gasteiger charge is -2.16. The molecule has 1 aromatic heterocycles. The largest absolute Gasteiger partial charge is 0.451 e. The van der Waals surface area contributed by atoms with Gasteiger partial charge < -0.3 is 14.6 Å². The smallest absolute Gasteiger partial charge is 0.287 e. The predicted molar refractivity (Wildman–Crippen MR) is 124 cm³/mol. The number of fused-ring (bicyclic) bond motifs is 1. The third-order valence-electron chi connectivity index (χ3n) is 5.92. The maximum Gasteiger partial charge on any atom is 0.287 e. The first kappa shape index (κ1) is 20.1. The van der Waals surface area contributed by atoms with E-state index in [1.165, 1.54) is 0 Å². The van der Waals surface area contributed by atoms with Crippen LogP contribution in [-0.4, -0.2) is 23.3 Å². The summed E-state index contributed by atoms with van der Waals surface area (Å²) in [5.41, 5.74) is 5.00. The molecule has 5 nitrogen and oxygen atoms in total. The fourth-order valence-electron chi connectivity index (χ4n) is 4.19. The summed E-state index contributed by atoms with van der Waals surface area (Å²) in [4.78, 5) is 26.4. The summed E-state index contributed by atoms with van der Waals surface area (Å²) in [5, 5.41) is 3.88. The van der Waals surface area contributed by atoms with Gasteiger partial charge in [0.05, 0.1) is 0 Å². The lowest BCUT2D eigenvalue weighted by Crippen LogP contribution is -2.23. The normalized spacial score (nSPS) is 13.6. The number of para-hydroxylation sites is 1. The van der Waals surface area contributed by atoms with Crippen molar-refractivity contribution in [3.05, 3.63) is 95.7 Å². The minimum atomic E-state index is -0.235. The van der Waals surface area contributed by atoms with E-state index in [9.17, 15) is 9.59 Å². The number of nitrogens with zero attached hydrogens (tertiary/aromatic N) is 1. The molecule has 32 heavy (non-hydrogen) atoms. The molecule has 5 rings (SSSR count). The van der Waals surface area contributed by atoms with Crippen LogP contribution in [0.15, 0.2) is 83.3 Å². The Morgan fingerprint density at radius 3 is 2.53 bits per heavy atom. The van der Waals surface area contributed by atoms with E-state index in [1.54, 1.807) is 6.07 Å². The Balaban J connectivity index is 1.29. The van der Waals surface area contributed by atoms with Crippen molar-refractivity contribution in [2.75, 3.05) is 6.54 Å². The van der Waals surface area contributed by atoms with Crippen LogP contribution in [0.25, 0.3) is 22.1 Å². The first-order valence-electron chi connectivity index (χ1n) is 10.9. The Labute approximate surface area is 186 Å². The van der Waals surface area contributed by atoms with Gasteiger partial charge in [0.25, 0.3) is 5.91 Å². The van der Waals surface area contributed by atoms with Crippen LogP contribution in [0.3, 0.4) is 0 Å². The zero-order valence-corrected chi connectivity index (χ0v) is 17.7. The SMILES string of the molecule is O=C(NCc1ccccc1-c1ccc(CN2CCCC2=O)cc1)c1cc2ccccc2o1. The third-order valence-corrected chi connectivity index (χ3v) is 5.92. The van der Waals surface area contributed by atoms with Gasteiger partial charge in [-0.3, -0.25) is 9.59 Å². The lowest BCUT2D eigenvalue weighted by molar-refractivity contribution is -0.128. The molecule has 4 aromatic rings. The van der Waals surface area contributed by atoms with Gasteiger partial charge in [-0.15, -0.1) is 0 Å². The fourth-order valence-corrected chi connectivity index (χ4v) is 4.19. The van der Waals surface area contributed by atoms with Crippen molar-refractivity contribution in [2.45, 2.75) is 25.9 Å². The highest BCUT2D eigenvalue weighted by atomic mass is 16.3. The van der Waals surface area contributed by atoms with Crippen LogP contribution >= 0.6 is 0 Å². The number of hydrogen-bond donors (Lipinski definition) is 1. The number of amides is 2. The third kappa shape index (κ3) is 4.14. The Bertz CT molecular complexity index is 1240. The van der Waals surface area contributed by atoms with E-state index in [0.717, 1.165) is 40.6 Å². The first-order valence-corrected chi connectivity index (χ1v) is 10.9. The van der Waals surface area contributed by atoms with Gasteiger partial charge >= 0.3 is 0 Å². The van der Waals surface area contributed by atoms with Crippen molar-refractivity contribution in [3.63, 3.8) is 0 Å². The average Bonchev–Trinajstić information content (AvgIpc) is 3.44. The van der Waals surface area contributed by atoms with Crippen LogP contribution in [0.2, 0.25) is 0 Å². The fraction of sp³-hybridized carbons (Fsp3) is 0.185.